The van der Waals surface area contributed by atoms with Crippen LogP contribution in [-0.2, 0) is 6.42 Å². The Hall–Kier alpha value is -1.22. The van der Waals surface area contributed by atoms with E-state index in [2.05, 4.69) is 42.8 Å². The minimum absolute atomic E-state index is 1.02. The van der Waals surface area contributed by atoms with Crippen LogP contribution in [-0.4, -0.2) is 45.2 Å². The summed E-state index contributed by atoms with van der Waals surface area (Å²) in [6.07, 6.45) is 1.02. The van der Waals surface area contributed by atoms with Gasteiger partial charge in [-0.05, 0) is 31.5 Å². The van der Waals surface area contributed by atoms with E-state index < -0.39 is 0 Å². The molecule has 1 fully saturated rings. The molecule has 0 atom stereocenters. The van der Waals surface area contributed by atoms with Gasteiger partial charge in [0.05, 0.1) is 7.11 Å². The maximum atomic E-state index is 5.51. The van der Waals surface area contributed by atoms with E-state index in [0.717, 1.165) is 38.3 Å². The highest BCUT2D eigenvalue weighted by Crippen LogP contribution is 2.30. The zero-order valence-electron chi connectivity index (χ0n) is 12.0. The Morgan fingerprint density at radius 2 is 1.83 bits per heavy atom. The molecule has 1 heterocycles. The van der Waals surface area contributed by atoms with Crippen molar-refractivity contribution in [2.45, 2.75) is 20.3 Å². The van der Waals surface area contributed by atoms with Crippen LogP contribution in [0.4, 0.5) is 5.69 Å². The number of piperazine rings is 1. The van der Waals surface area contributed by atoms with Crippen LogP contribution in [0.25, 0.3) is 0 Å². The molecule has 0 aliphatic carbocycles. The smallest absolute Gasteiger partial charge is 0.124 e. The van der Waals surface area contributed by atoms with Gasteiger partial charge >= 0.3 is 0 Å². The summed E-state index contributed by atoms with van der Waals surface area (Å²) in [6, 6.07) is 4.48. The number of hydrogen-bond acceptors (Lipinski definition) is 3. The molecule has 0 radical (unpaired) electrons. The molecule has 100 valence electrons. The van der Waals surface area contributed by atoms with E-state index in [1.54, 1.807) is 7.11 Å². The van der Waals surface area contributed by atoms with E-state index in [0.29, 0.717) is 0 Å². The molecule has 0 spiro atoms. The summed E-state index contributed by atoms with van der Waals surface area (Å²) in [5.41, 5.74) is 3.99. The summed E-state index contributed by atoms with van der Waals surface area (Å²) in [5.74, 6) is 1.03. The Kier molecular flexibility index (Phi) is 4.12. The quantitative estimate of drug-likeness (QED) is 0.816. The molecule has 1 aliphatic heterocycles. The number of aryl methyl sites for hydroxylation is 2. The van der Waals surface area contributed by atoms with E-state index in [1.807, 2.05) is 0 Å². The molecule has 0 amide bonds. The molecule has 0 unspecified atom stereocenters. The van der Waals surface area contributed by atoms with E-state index in [9.17, 15) is 0 Å². The summed E-state index contributed by atoms with van der Waals surface area (Å²) in [7, 11) is 3.95. The topological polar surface area (TPSA) is 15.7 Å². The van der Waals surface area contributed by atoms with Gasteiger partial charge in [0, 0.05) is 37.9 Å². The largest absolute Gasteiger partial charge is 0.496 e. The second-order valence-corrected chi connectivity index (χ2v) is 5.09. The summed E-state index contributed by atoms with van der Waals surface area (Å²) >= 11 is 0. The van der Waals surface area contributed by atoms with Gasteiger partial charge in [0.25, 0.3) is 0 Å². The molecule has 1 aromatic rings. The molecule has 1 saturated heterocycles. The first kappa shape index (κ1) is 13.2. The zero-order valence-corrected chi connectivity index (χ0v) is 12.0. The standard InChI is InChI=1S/C15H24N2O/c1-5-13-10-12(2)14(11-15(13)18-4)17-8-6-16(3)7-9-17/h10-11H,5-9H2,1-4H3. The molecule has 3 nitrogen and oxygen atoms in total. The van der Waals surface area contributed by atoms with Crippen LogP contribution in [0.1, 0.15) is 18.1 Å². The summed E-state index contributed by atoms with van der Waals surface area (Å²) in [5, 5.41) is 0. The average Bonchev–Trinajstić information content (AvgIpc) is 2.39. The predicted octanol–water partition coefficient (Wildman–Crippen LogP) is 2.32. The Bertz CT molecular complexity index is 409. The van der Waals surface area contributed by atoms with Crippen molar-refractivity contribution < 1.29 is 4.74 Å². The number of benzene rings is 1. The van der Waals surface area contributed by atoms with Gasteiger partial charge in [0.15, 0.2) is 0 Å². The van der Waals surface area contributed by atoms with Crippen LogP contribution in [0, 0.1) is 6.92 Å². The molecule has 0 saturated carbocycles. The van der Waals surface area contributed by atoms with Crippen molar-refractivity contribution in [3.63, 3.8) is 0 Å². The molecular weight excluding hydrogens is 224 g/mol. The number of anilines is 1. The first-order valence-electron chi connectivity index (χ1n) is 6.76. The van der Waals surface area contributed by atoms with Crippen LogP contribution < -0.4 is 9.64 Å². The third-order valence-electron chi connectivity index (χ3n) is 3.82. The highest BCUT2D eigenvalue weighted by atomic mass is 16.5. The highest BCUT2D eigenvalue weighted by molar-refractivity contribution is 5.59. The van der Waals surface area contributed by atoms with E-state index in [1.165, 1.54) is 16.8 Å². The van der Waals surface area contributed by atoms with Crippen LogP contribution in [0.15, 0.2) is 12.1 Å². The molecule has 1 aliphatic rings. The second-order valence-electron chi connectivity index (χ2n) is 5.09. The zero-order chi connectivity index (χ0) is 13.1. The van der Waals surface area contributed by atoms with Crippen molar-refractivity contribution in [3.8, 4) is 5.75 Å². The van der Waals surface area contributed by atoms with E-state index >= 15 is 0 Å². The van der Waals surface area contributed by atoms with Gasteiger partial charge in [0.1, 0.15) is 5.75 Å². The van der Waals surface area contributed by atoms with Gasteiger partial charge in [-0.25, -0.2) is 0 Å². The molecule has 0 N–H and O–H groups in total. The number of rotatable bonds is 3. The summed E-state index contributed by atoms with van der Waals surface area (Å²) in [6.45, 7) is 8.85. The fourth-order valence-corrected chi connectivity index (χ4v) is 2.59. The van der Waals surface area contributed by atoms with Crippen molar-refractivity contribution in [2.75, 3.05) is 45.2 Å². The maximum absolute atomic E-state index is 5.51. The molecular formula is C15H24N2O. The molecule has 1 aromatic carbocycles. The van der Waals surface area contributed by atoms with E-state index in [-0.39, 0.29) is 0 Å². The van der Waals surface area contributed by atoms with Gasteiger partial charge in [-0.1, -0.05) is 13.0 Å². The van der Waals surface area contributed by atoms with Crippen LogP contribution >= 0.6 is 0 Å². The normalized spacial score (nSPS) is 17.0. The van der Waals surface area contributed by atoms with Gasteiger partial charge in [-0.3, -0.25) is 0 Å². The number of nitrogens with zero attached hydrogens (tertiary/aromatic N) is 2. The maximum Gasteiger partial charge on any atom is 0.124 e. The Morgan fingerprint density at radius 3 is 2.39 bits per heavy atom. The van der Waals surface area contributed by atoms with Gasteiger partial charge in [0.2, 0.25) is 0 Å². The fourth-order valence-electron chi connectivity index (χ4n) is 2.59. The number of hydrogen-bond donors (Lipinski definition) is 0. The first-order valence-corrected chi connectivity index (χ1v) is 6.76. The number of ether oxygens (including phenoxy) is 1. The van der Waals surface area contributed by atoms with Gasteiger partial charge in [-0.2, -0.15) is 0 Å². The fraction of sp³-hybridized carbons (Fsp3) is 0.600. The number of methoxy groups -OCH3 is 1. The Morgan fingerprint density at radius 1 is 1.17 bits per heavy atom. The van der Waals surface area contributed by atoms with Crippen LogP contribution in [0.2, 0.25) is 0 Å². The highest BCUT2D eigenvalue weighted by Gasteiger charge is 2.17. The van der Waals surface area contributed by atoms with Crippen molar-refractivity contribution in [1.82, 2.24) is 4.90 Å². The van der Waals surface area contributed by atoms with Gasteiger partial charge in [-0.15, -0.1) is 0 Å². The lowest BCUT2D eigenvalue weighted by atomic mass is 10.0. The van der Waals surface area contributed by atoms with E-state index in [4.69, 9.17) is 4.74 Å². The third-order valence-corrected chi connectivity index (χ3v) is 3.82. The molecule has 2 rings (SSSR count). The SMILES string of the molecule is CCc1cc(C)c(N2CCN(C)CC2)cc1OC. The van der Waals surface area contributed by atoms with Crippen molar-refractivity contribution in [2.24, 2.45) is 0 Å². The lowest BCUT2D eigenvalue weighted by Gasteiger charge is -2.35. The monoisotopic (exact) mass is 248 g/mol. The van der Waals surface area contributed by atoms with Crippen LogP contribution in [0.5, 0.6) is 5.75 Å². The predicted molar refractivity (Wildman–Crippen MR) is 76.8 cm³/mol. The molecule has 0 bridgehead atoms. The average molecular weight is 248 g/mol. The lowest BCUT2D eigenvalue weighted by Crippen LogP contribution is -2.44. The molecule has 18 heavy (non-hydrogen) atoms. The van der Waals surface area contributed by atoms with Crippen molar-refractivity contribution in [3.05, 3.63) is 23.3 Å². The lowest BCUT2D eigenvalue weighted by molar-refractivity contribution is 0.312. The Labute approximate surface area is 110 Å². The molecule has 3 heteroatoms. The van der Waals surface area contributed by atoms with Crippen LogP contribution in [0.3, 0.4) is 0 Å². The number of likely N-dealkylation sites (N-methyl/N-ethyl adjacent to an activating group) is 1. The second kappa shape index (κ2) is 5.61. The third kappa shape index (κ3) is 2.61. The molecule has 0 aromatic heterocycles. The first-order chi connectivity index (χ1) is 8.65. The minimum atomic E-state index is 1.02. The minimum Gasteiger partial charge on any atom is -0.496 e. The Balaban J connectivity index is 2.27. The van der Waals surface area contributed by atoms with Gasteiger partial charge < -0.3 is 14.5 Å². The van der Waals surface area contributed by atoms with Crippen molar-refractivity contribution >= 4 is 5.69 Å². The van der Waals surface area contributed by atoms with Crippen molar-refractivity contribution in [1.29, 1.82) is 0 Å². The summed E-state index contributed by atoms with van der Waals surface area (Å²) < 4.78 is 5.51. The summed E-state index contributed by atoms with van der Waals surface area (Å²) in [4.78, 5) is 4.85.